The Morgan fingerprint density at radius 2 is 1.76 bits per heavy atom. The van der Waals surface area contributed by atoms with Crippen LogP contribution in [0.25, 0.3) is 0 Å². The summed E-state index contributed by atoms with van der Waals surface area (Å²) in [5, 5.41) is 34.7. The van der Waals surface area contributed by atoms with E-state index in [9.17, 15) is 29.7 Å². The molecular weight excluding hydrogens is 638 g/mol. The van der Waals surface area contributed by atoms with Gasteiger partial charge in [0.15, 0.2) is 5.60 Å². The second kappa shape index (κ2) is 12.1. The van der Waals surface area contributed by atoms with E-state index in [0.717, 1.165) is 12.5 Å². The summed E-state index contributed by atoms with van der Waals surface area (Å²) in [6.45, 7) is 1.09. The van der Waals surface area contributed by atoms with Gasteiger partial charge >= 0.3 is 17.9 Å². The summed E-state index contributed by atoms with van der Waals surface area (Å²) in [5.74, 6) is -4.99. The van der Waals surface area contributed by atoms with Crippen LogP contribution >= 0.6 is 0 Å². The molecule has 1 saturated heterocycles. The van der Waals surface area contributed by atoms with Gasteiger partial charge in [-0.05, 0) is 44.4 Å². The highest BCUT2D eigenvalue weighted by Gasteiger charge is 2.91. The van der Waals surface area contributed by atoms with E-state index in [4.69, 9.17) is 28.4 Å². The van der Waals surface area contributed by atoms with Crippen LogP contribution in [0.5, 0.6) is 0 Å². The summed E-state index contributed by atoms with van der Waals surface area (Å²) in [4.78, 5) is 41.2. The molecule has 0 amide bonds. The number of hydrogen-bond acceptors (Lipinski definition) is 12. The van der Waals surface area contributed by atoms with Gasteiger partial charge in [0, 0.05) is 75.7 Å². The van der Waals surface area contributed by atoms with Crippen molar-refractivity contribution in [2.45, 2.75) is 73.4 Å². The number of carbonyl (C=O) groups excluding carboxylic acids is 2. The lowest BCUT2D eigenvalue weighted by molar-refractivity contribution is -0.315. The molecule has 7 rings (SSSR count). The Hall–Kier alpha value is -2.91. The molecule has 13 nitrogen and oxygen atoms in total. The smallest absolute Gasteiger partial charge is 0.338 e. The number of benzene rings is 1. The number of ether oxygens (including phenoxy) is 6. The number of carboxylic acids is 1. The van der Waals surface area contributed by atoms with Crippen molar-refractivity contribution >= 4 is 17.9 Å². The van der Waals surface area contributed by atoms with E-state index >= 15 is 0 Å². The number of methoxy groups -OCH3 is 4. The number of aliphatic hydroxyl groups is 2. The van der Waals surface area contributed by atoms with Crippen LogP contribution in [0.3, 0.4) is 0 Å². The number of fused-ring (bicyclic) bond motifs is 2. The highest BCUT2D eigenvalue weighted by Crippen LogP contribution is 2.80. The number of piperidine rings is 1. The number of carboxylic acid groups (broad SMARTS) is 1. The fraction of sp³-hybridized carbons (Fsp3) is 0.694. The zero-order chi connectivity index (χ0) is 35.1. The Kier molecular flexibility index (Phi) is 8.53. The van der Waals surface area contributed by atoms with Crippen LogP contribution in [0.2, 0.25) is 0 Å². The summed E-state index contributed by atoms with van der Waals surface area (Å²) in [5.41, 5.74) is -4.50. The van der Waals surface area contributed by atoms with Crippen LogP contribution in [0, 0.1) is 34.5 Å². The number of aliphatic carboxylic acids is 1. The summed E-state index contributed by atoms with van der Waals surface area (Å²) >= 11 is 0. The Morgan fingerprint density at radius 1 is 1.02 bits per heavy atom. The summed E-state index contributed by atoms with van der Waals surface area (Å²) < 4.78 is 37.7. The van der Waals surface area contributed by atoms with Crippen LogP contribution in [0.15, 0.2) is 42.5 Å². The third kappa shape index (κ3) is 4.39. The summed E-state index contributed by atoms with van der Waals surface area (Å²) in [6, 6.07) is 8.09. The minimum absolute atomic E-state index is 0.0705. The van der Waals surface area contributed by atoms with E-state index in [1.54, 1.807) is 51.7 Å². The Balaban J connectivity index is 1.49. The molecule has 7 bridgehead atoms. The molecule has 1 spiro atoms. The van der Waals surface area contributed by atoms with Crippen LogP contribution < -0.4 is 0 Å². The van der Waals surface area contributed by atoms with Gasteiger partial charge in [-0.3, -0.25) is 4.79 Å². The van der Waals surface area contributed by atoms with Gasteiger partial charge in [-0.15, -0.1) is 0 Å². The predicted molar refractivity (Wildman–Crippen MR) is 170 cm³/mol. The summed E-state index contributed by atoms with van der Waals surface area (Å²) in [7, 11) is 8.39. The molecule has 6 aliphatic rings. The molecular formula is C36H47NO12. The van der Waals surface area contributed by atoms with Crippen molar-refractivity contribution in [3.8, 4) is 0 Å². The molecule has 1 heterocycles. The molecule has 0 radical (unpaired) electrons. The lowest BCUT2D eigenvalue weighted by Crippen LogP contribution is -2.80. The van der Waals surface area contributed by atoms with Crippen LogP contribution in [-0.2, 0) is 38.0 Å². The van der Waals surface area contributed by atoms with E-state index < -0.39 is 88.5 Å². The van der Waals surface area contributed by atoms with Crippen molar-refractivity contribution in [1.29, 1.82) is 0 Å². The summed E-state index contributed by atoms with van der Waals surface area (Å²) in [6.07, 6.45) is -1.66. The second-order valence-electron chi connectivity index (χ2n) is 15.0. The first kappa shape index (κ1) is 34.5. The monoisotopic (exact) mass is 685 g/mol. The van der Waals surface area contributed by atoms with Crippen molar-refractivity contribution in [2.75, 3.05) is 48.6 Å². The number of nitrogens with zero attached hydrogens (tertiary/aromatic N) is 1. The SMILES string of the molecule is COC[C@@]12CC[C@H](OC)[C@]34C([C@H]([C@H](OC)[C@H]13)[C@]1(OC(=O)/C=C/CC(=O)O)[C@H]3[C@@H](OC(=O)c5ccccc5)[C@](O)(C[C@H]34)[C@@H](OC)[C@@H]1O)N(C)C2. The minimum Gasteiger partial charge on any atom is -0.481 e. The van der Waals surface area contributed by atoms with Gasteiger partial charge in [0.05, 0.1) is 30.8 Å². The van der Waals surface area contributed by atoms with E-state index in [2.05, 4.69) is 4.90 Å². The van der Waals surface area contributed by atoms with E-state index in [1.807, 2.05) is 7.05 Å². The Morgan fingerprint density at radius 3 is 2.39 bits per heavy atom. The lowest BCUT2D eigenvalue weighted by atomic mass is 9.43. The molecule has 3 N–H and O–H groups in total. The average Bonchev–Trinajstić information content (AvgIpc) is 3.46. The maximum atomic E-state index is 13.9. The van der Waals surface area contributed by atoms with Crippen LogP contribution in [0.1, 0.15) is 36.0 Å². The highest BCUT2D eigenvalue weighted by molar-refractivity contribution is 5.89. The van der Waals surface area contributed by atoms with Gasteiger partial charge in [0.25, 0.3) is 0 Å². The third-order valence-corrected chi connectivity index (χ3v) is 13.3. The molecule has 1 unspecified atom stereocenters. The first-order valence-corrected chi connectivity index (χ1v) is 17.0. The normalized spacial score (nSPS) is 46.1. The second-order valence-corrected chi connectivity index (χ2v) is 15.0. The molecule has 1 aliphatic heterocycles. The fourth-order valence-corrected chi connectivity index (χ4v) is 12.5. The number of likely N-dealkylation sites (tertiary alicyclic amines) is 1. The molecule has 0 aromatic heterocycles. The van der Waals surface area contributed by atoms with Crippen molar-refractivity contribution in [2.24, 2.45) is 34.5 Å². The van der Waals surface area contributed by atoms with Crippen LogP contribution in [0.4, 0.5) is 0 Å². The third-order valence-electron chi connectivity index (χ3n) is 13.3. The van der Waals surface area contributed by atoms with E-state index in [-0.39, 0.29) is 30.0 Å². The predicted octanol–water partition coefficient (Wildman–Crippen LogP) is 1.30. The van der Waals surface area contributed by atoms with E-state index in [0.29, 0.717) is 19.6 Å². The fourth-order valence-electron chi connectivity index (χ4n) is 12.5. The zero-order valence-electron chi connectivity index (χ0n) is 28.5. The van der Waals surface area contributed by atoms with Gasteiger partial charge in [-0.1, -0.05) is 24.3 Å². The highest BCUT2D eigenvalue weighted by atomic mass is 16.6. The number of hydrogen-bond donors (Lipinski definition) is 3. The van der Waals surface area contributed by atoms with Crippen molar-refractivity contribution in [1.82, 2.24) is 4.90 Å². The van der Waals surface area contributed by atoms with Crippen molar-refractivity contribution < 1.29 is 58.1 Å². The zero-order valence-corrected chi connectivity index (χ0v) is 28.5. The molecule has 1 aromatic rings. The number of esters is 2. The van der Waals surface area contributed by atoms with Crippen molar-refractivity contribution in [3.63, 3.8) is 0 Å². The molecule has 6 fully saturated rings. The quantitative estimate of drug-likeness (QED) is 0.225. The topological polar surface area (TPSA) is 171 Å². The molecule has 268 valence electrons. The molecule has 13 heteroatoms. The standard InChI is InChI=1S/C36H47NO12/c1-37-17-33(18-44-2)15-14-21(45-3)35-20-16-34(43)30(48-32(42)19-10-7-6-8-11-19)24(20)36(29(41)31(34)47-5,49-23(40)13-9-12-22(38)39)25(28(35)37)26(46-4)27(33)35/h6-11,13,20-21,24-31,41,43H,12,14-18H2,1-5H3,(H,38,39)/b13-9+/t20-,21+,24-,25+,26+,27-,28?,29+,30-,31+,33+,34-,35+,36-/m1/s1. The van der Waals surface area contributed by atoms with Gasteiger partial charge in [-0.2, -0.15) is 0 Å². The molecule has 5 aliphatic carbocycles. The largest absolute Gasteiger partial charge is 0.481 e. The maximum absolute atomic E-state index is 13.9. The average molecular weight is 686 g/mol. The lowest BCUT2D eigenvalue weighted by Gasteiger charge is -2.69. The van der Waals surface area contributed by atoms with Crippen molar-refractivity contribution in [3.05, 3.63) is 48.0 Å². The Labute approximate surface area is 285 Å². The molecule has 49 heavy (non-hydrogen) atoms. The Bertz CT molecular complexity index is 1510. The van der Waals surface area contributed by atoms with E-state index in [1.165, 1.54) is 13.2 Å². The number of aliphatic hydroxyl groups excluding tert-OH is 1. The van der Waals surface area contributed by atoms with Gasteiger partial charge in [0.1, 0.15) is 23.9 Å². The molecule has 1 aromatic carbocycles. The molecule has 14 atom stereocenters. The number of carbonyl (C=O) groups is 3. The maximum Gasteiger partial charge on any atom is 0.338 e. The first-order valence-electron chi connectivity index (χ1n) is 17.0. The first-order chi connectivity index (χ1) is 23.4. The molecule has 5 saturated carbocycles. The minimum atomic E-state index is -1.86. The van der Waals surface area contributed by atoms with Gasteiger partial charge < -0.3 is 48.6 Å². The van der Waals surface area contributed by atoms with Crippen LogP contribution in [-0.4, -0.2) is 135 Å². The van der Waals surface area contributed by atoms with Gasteiger partial charge in [0.2, 0.25) is 0 Å². The number of rotatable bonds is 11. The van der Waals surface area contributed by atoms with Gasteiger partial charge in [-0.25, -0.2) is 9.59 Å².